The zero-order valence-corrected chi connectivity index (χ0v) is 7.62. The largest absolute Gasteiger partial charge is 0.481 e. The number of aliphatic carboxylic acids is 1. The first kappa shape index (κ1) is 8.53. The van der Waals surface area contributed by atoms with Crippen molar-refractivity contribution in [2.75, 3.05) is 6.54 Å². The van der Waals surface area contributed by atoms with E-state index in [-0.39, 0.29) is 17.4 Å². The number of carboxylic acid groups (broad SMARTS) is 1. The van der Waals surface area contributed by atoms with Gasteiger partial charge in [0.05, 0.1) is 5.92 Å². The highest BCUT2D eigenvalue weighted by Gasteiger charge is 2.56. The number of carboxylic acids is 1. The zero-order valence-electron chi connectivity index (χ0n) is 7.62. The van der Waals surface area contributed by atoms with Crippen LogP contribution in [0.4, 0.5) is 0 Å². The number of carbonyl (C=O) groups is 2. The van der Waals surface area contributed by atoms with Gasteiger partial charge in [0.25, 0.3) is 0 Å². The number of carbonyl (C=O) groups excluding carboxylic acids is 1. The van der Waals surface area contributed by atoms with Crippen LogP contribution >= 0.6 is 0 Å². The molecule has 0 aromatic heterocycles. The molecule has 4 nitrogen and oxygen atoms in total. The van der Waals surface area contributed by atoms with Gasteiger partial charge >= 0.3 is 5.97 Å². The van der Waals surface area contributed by atoms with Gasteiger partial charge in [0.2, 0.25) is 5.91 Å². The molecule has 1 saturated carbocycles. The van der Waals surface area contributed by atoms with Gasteiger partial charge < -0.3 is 10.0 Å². The molecule has 1 aliphatic carbocycles. The van der Waals surface area contributed by atoms with Crippen LogP contribution in [0.2, 0.25) is 0 Å². The Hall–Kier alpha value is -1.06. The average Bonchev–Trinajstić information content (AvgIpc) is 1.78. The molecule has 1 aliphatic heterocycles. The van der Waals surface area contributed by atoms with E-state index in [1.165, 1.54) is 0 Å². The maximum atomic E-state index is 11.1. The lowest BCUT2D eigenvalue weighted by Crippen LogP contribution is -2.68. The summed E-state index contributed by atoms with van der Waals surface area (Å²) in [5.41, 5.74) is -0.0606. The van der Waals surface area contributed by atoms with E-state index in [1.54, 1.807) is 6.92 Å². The van der Waals surface area contributed by atoms with Crippen LogP contribution in [0.5, 0.6) is 0 Å². The van der Waals surface area contributed by atoms with Crippen molar-refractivity contribution in [3.8, 4) is 0 Å². The minimum atomic E-state index is -0.721. The summed E-state index contributed by atoms with van der Waals surface area (Å²) in [6, 6.07) is 0. The predicted molar refractivity (Wildman–Crippen MR) is 45.1 cm³/mol. The van der Waals surface area contributed by atoms with Gasteiger partial charge in [0.15, 0.2) is 0 Å². The van der Waals surface area contributed by atoms with Crippen LogP contribution in [0.1, 0.15) is 26.2 Å². The van der Waals surface area contributed by atoms with E-state index in [0.717, 1.165) is 13.0 Å². The van der Waals surface area contributed by atoms with E-state index >= 15 is 0 Å². The highest BCUT2D eigenvalue weighted by atomic mass is 16.4. The molecule has 0 aromatic rings. The van der Waals surface area contributed by atoms with Gasteiger partial charge in [-0.05, 0) is 19.3 Å². The Labute approximate surface area is 76.5 Å². The molecule has 1 saturated heterocycles. The van der Waals surface area contributed by atoms with E-state index in [2.05, 4.69) is 0 Å². The average molecular weight is 183 g/mol. The molecule has 1 amide bonds. The van der Waals surface area contributed by atoms with Crippen molar-refractivity contribution in [3.63, 3.8) is 0 Å². The van der Waals surface area contributed by atoms with Gasteiger partial charge in [-0.15, -0.1) is 0 Å². The number of nitrogens with zero attached hydrogens (tertiary/aromatic N) is 1. The molecule has 0 unspecified atom stereocenters. The molecule has 4 heteroatoms. The van der Waals surface area contributed by atoms with Gasteiger partial charge in [0, 0.05) is 19.0 Å². The predicted octanol–water partition coefficient (Wildman–Crippen LogP) is 0.472. The third-order valence-electron chi connectivity index (χ3n) is 3.36. The van der Waals surface area contributed by atoms with Gasteiger partial charge in [-0.2, -0.15) is 0 Å². The highest BCUT2D eigenvalue weighted by Crippen LogP contribution is 2.50. The Morgan fingerprint density at radius 2 is 2.08 bits per heavy atom. The summed E-state index contributed by atoms with van der Waals surface area (Å²) < 4.78 is 0. The monoisotopic (exact) mass is 183 g/mol. The molecular formula is C9H13NO3. The molecule has 2 fully saturated rings. The zero-order chi connectivity index (χ0) is 9.64. The van der Waals surface area contributed by atoms with Crippen LogP contribution in [0.15, 0.2) is 0 Å². The van der Waals surface area contributed by atoms with Gasteiger partial charge in [-0.3, -0.25) is 9.59 Å². The van der Waals surface area contributed by atoms with Gasteiger partial charge in [0.1, 0.15) is 0 Å². The third kappa shape index (κ3) is 1.04. The van der Waals surface area contributed by atoms with Crippen molar-refractivity contribution in [1.82, 2.24) is 4.90 Å². The molecule has 0 atom stereocenters. The van der Waals surface area contributed by atoms with E-state index in [4.69, 9.17) is 5.11 Å². The van der Waals surface area contributed by atoms with Crippen LogP contribution in [0.3, 0.4) is 0 Å². The number of hydrogen-bond donors (Lipinski definition) is 1. The number of rotatable bonds is 1. The SMILES string of the molecule is CC(=O)N1CCC12CC(C(=O)O)C2. The quantitative estimate of drug-likeness (QED) is 0.643. The van der Waals surface area contributed by atoms with Crippen molar-refractivity contribution in [2.45, 2.75) is 31.7 Å². The minimum Gasteiger partial charge on any atom is -0.481 e. The lowest BCUT2D eigenvalue weighted by molar-refractivity contribution is -0.172. The normalized spacial score (nSPS) is 36.7. The summed E-state index contributed by atoms with van der Waals surface area (Å²) in [4.78, 5) is 23.5. The molecule has 0 radical (unpaired) electrons. The molecule has 1 N–H and O–H groups in total. The maximum absolute atomic E-state index is 11.1. The Kier molecular flexibility index (Phi) is 1.62. The fraction of sp³-hybridized carbons (Fsp3) is 0.778. The maximum Gasteiger partial charge on any atom is 0.306 e. The fourth-order valence-corrected chi connectivity index (χ4v) is 2.49. The first-order chi connectivity index (χ1) is 6.05. The minimum absolute atomic E-state index is 0.0606. The van der Waals surface area contributed by atoms with Crippen LogP contribution in [0.25, 0.3) is 0 Å². The summed E-state index contributed by atoms with van der Waals surface area (Å²) in [6.07, 6.45) is 2.29. The van der Waals surface area contributed by atoms with Crippen LogP contribution in [0, 0.1) is 5.92 Å². The second kappa shape index (κ2) is 2.47. The lowest BCUT2D eigenvalue weighted by atomic mass is 9.61. The number of likely N-dealkylation sites (tertiary alicyclic amines) is 1. The van der Waals surface area contributed by atoms with E-state index < -0.39 is 5.97 Å². The Bertz CT molecular complexity index is 268. The van der Waals surface area contributed by atoms with E-state index in [9.17, 15) is 9.59 Å². The van der Waals surface area contributed by atoms with Gasteiger partial charge in [-0.25, -0.2) is 0 Å². The van der Waals surface area contributed by atoms with Crippen LogP contribution < -0.4 is 0 Å². The Balaban J connectivity index is 1.97. The third-order valence-corrected chi connectivity index (χ3v) is 3.36. The standard InChI is InChI=1S/C9H13NO3/c1-6(11)10-3-2-9(10)4-7(5-9)8(12)13/h7H,2-5H2,1H3,(H,12,13). The summed E-state index contributed by atoms with van der Waals surface area (Å²) >= 11 is 0. The van der Waals surface area contributed by atoms with Crippen molar-refractivity contribution >= 4 is 11.9 Å². The van der Waals surface area contributed by atoms with Crippen molar-refractivity contribution in [3.05, 3.63) is 0 Å². The number of hydrogen-bond acceptors (Lipinski definition) is 2. The smallest absolute Gasteiger partial charge is 0.306 e. The molecular weight excluding hydrogens is 170 g/mol. The summed E-state index contributed by atoms with van der Waals surface area (Å²) in [6.45, 7) is 2.36. The van der Waals surface area contributed by atoms with Crippen molar-refractivity contribution < 1.29 is 14.7 Å². The Morgan fingerprint density at radius 3 is 2.38 bits per heavy atom. The summed E-state index contributed by atoms with van der Waals surface area (Å²) in [5.74, 6) is -0.863. The molecule has 2 rings (SSSR count). The molecule has 13 heavy (non-hydrogen) atoms. The van der Waals surface area contributed by atoms with Crippen molar-refractivity contribution in [2.24, 2.45) is 5.92 Å². The molecule has 1 heterocycles. The fourth-order valence-electron chi connectivity index (χ4n) is 2.49. The second-order valence-corrected chi connectivity index (χ2v) is 4.09. The first-order valence-electron chi connectivity index (χ1n) is 4.56. The summed E-state index contributed by atoms with van der Waals surface area (Å²) in [5, 5.41) is 8.71. The molecule has 72 valence electrons. The first-order valence-corrected chi connectivity index (χ1v) is 4.56. The second-order valence-electron chi connectivity index (χ2n) is 4.09. The lowest BCUT2D eigenvalue weighted by Gasteiger charge is -2.60. The van der Waals surface area contributed by atoms with Crippen LogP contribution in [-0.2, 0) is 9.59 Å². The number of amides is 1. The van der Waals surface area contributed by atoms with Crippen molar-refractivity contribution in [1.29, 1.82) is 0 Å². The van der Waals surface area contributed by atoms with Crippen LogP contribution in [-0.4, -0.2) is 34.0 Å². The molecule has 1 spiro atoms. The molecule has 0 aromatic carbocycles. The van der Waals surface area contributed by atoms with E-state index in [1.807, 2.05) is 4.90 Å². The van der Waals surface area contributed by atoms with E-state index in [0.29, 0.717) is 12.8 Å². The molecule has 2 aliphatic rings. The Morgan fingerprint density at radius 1 is 1.46 bits per heavy atom. The highest BCUT2D eigenvalue weighted by molar-refractivity contribution is 5.77. The summed E-state index contributed by atoms with van der Waals surface area (Å²) in [7, 11) is 0. The topological polar surface area (TPSA) is 57.6 Å². The molecule has 0 bridgehead atoms. The van der Waals surface area contributed by atoms with Gasteiger partial charge in [-0.1, -0.05) is 0 Å².